The highest BCUT2D eigenvalue weighted by molar-refractivity contribution is 7.99. The molecule has 1 amide bonds. The van der Waals surface area contributed by atoms with Crippen LogP contribution in [0.1, 0.15) is 32.2 Å². The monoisotopic (exact) mass is 352 g/mol. The van der Waals surface area contributed by atoms with Crippen molar-refractivity contribution in [1.29, 1.82) is 0 Å². The van der Waals surface area contributed by atoms with Crippen molar-refractivity contribution >= 4 is 29.3 Å². The number of nitrogens with zero attached hydrogens (tertiary/aromatic N) is 1. The maximum absolute atomic E-state index is 11.8. The maximum Gasteiger partial charge on any atom is 0.230 e. The Hall–Kier alpha value is -1.46. The molecule has 4 nitrogen and oxygen atoms in total. The number of aryl methyl sites for hydroxylation is 1. The molecule has 1 aromatic carbocycles. The molecule has 2 aromatic rings. The van der Waals surface area contributed by atoms with E-state index < -0.39 is 0 Å². The molecule has 0 spiro atoms. The Bertz CT molecular complexity index is 692. The zero-order valence-electron chi connectivity index (χ0n) is 13.8. The van der Waals surface area contributed by atoms with Gasteiger partial charge in [-0.3, -0.25) is 4.79 Å². The van der Waals surface area contributed by atoms with E-state index in [-0.39, 0.29) is 11.4 Å². The molecule has 0 radical (unpaired) electrons. The lowest BCUT2D eigenvalue weighted by molar-refractivity contribution is -0.119. The molecule has 0 bridgehead atoms. The van der Waals surface area contributed by atoms with Gasteiger partial charge in [-0.05, 0) is 39.8 Å². The Morgan fingerprint density at radius 2 is 2.04 bits per heavy atom. The highest BCUT2D eigenvalue weighted by atomic mass is 35.5. The highest BCUT2D eigenvalue weighted by Crippen LogP contribution is 2.29. The van der Waals surface area contributed by atoms with Crippen LogP contribution in [0.2, 0.25) is 5.02 Å². The Morgan fingerprint density at radius 3 is 2.70 bits per heavy atom. The normalized spacial score (nSPS) is 11.5. The fourth-order valence-corrected chi connectivity index (χ4v) is 3.04. The summed E-state index contributed by atoms with van der Waals surface area (Å²) in [5.74, 6) is 2.31. The number of hydrogen-bond donors (Lipinski definition) is 1. The molecular formula is C17H21ClN2O2S. The summed E-state index contributed by atoms with van der Waals surface area (Å²) in [5.41, 5.74) is 1.41. The van der Waals surface area contributed by atoms with E-state index in [2.05, 4.69) is 10.3 Å². The van der Waals surface area contributed by atoms with E-state index in [1.54, 1.807) is 0 Å². The minimum Gasteiger partial charge on any atom is -0.441 e. The number of nitrogens with one attached hydrogen (secondary N) is 1. The number of carbonyl (C=O) groups excluding carboxylic acids is 1. The van der Waals surface area contributed by atoms with Crippen LogP contribution in [0, 0.1) is 6.92 Å². The van der Waals surface area contributed by atoms with Crippen molar-refractivity contribution in [3.8, 4) is 11.5 Å². The zero-order chi connectivity index (χ0) is 17.0. The molecule has 0 aliphatic heterocycles. The summed E-state index contributed by atoms with van der Waals surface area (Å²) in [6.07, 6.45) is 0. The van der Waals surface area contributed by atoms with Gasteiger partial charge in [0.2, 0.25) is 11.8 Å². The summed E-state index contributed by atoms with van der Waals surface area (Å²) in [7, 11) is 0. The first-order valence-corrected chi connectivity index (χ1v) is 8.89. The van der Waals surface area contributed by atoms with Gasteiger partial charge >= 0.3 is 0 Å². The molecule has 0 saturated heterocycles. The number of aromatic nitrogens is 1. The number of rotatable bonds is 5. The lowest BCUT2D eigenvalue weighted by atomic mass is 10.1. The molecule has 0 atom stereocenters. The van der Waals surface area contributed by atoms with Crippen molar-refractivity contribution in [3.63, 3.8) is 0 Å². The summed E-state index contributed by atoms with van der Waals surface area (Å²) in [5, 5.41) is 3.55. The third kappa shape index (κ3) is 5.29. The standard InChI is InChI=1S/C17H21ClN2O2S/c1-11-14(9-23-10-15(21)20-17(2,3)4)19-16(22-11)12-7-5-6-8-13(12)18/h5-8H,9-10H2,1-4H3,(H,20,21). The average Bonchev–Trinajstić information content (AvgIpc) is 2.78. The minimum atomic E-state index is -0.210. The Morgan fingerprint density at radius 1 is 1.35 bits per heavy atom. The molecule has 1 heterocycles. The van der Waals surface area contributed by atoms with Gasteiger partial charge in [0.1, 0.15) is 5.76 Å². The van der Waals surface area contributed by atoms with E-state index in [1.807, 2.05) is 52.0 Å². The van der Waals surface area contributed by atoms with Crippen LogP contribution >= 0.6 is 23.4 Å². The molecule has 23 heavy (non-hydrogen) atoms. The predicted octanol–water partition coefficient (Wildman–Crippen LogP) is 4.45. The Labute approximate surface area is 146 Å². The number of amides is 1. The van der Waals surface area contributed by atoms with Crippen LogP contribution in [0.3, 0.4) is 0 Å². The third-order valence-corrected chi connectivity index (χ3v) is 4.26. The molecule has 0 aliphatic rings. The van der Waals surface area contributed by atoms with Gasteiger partial charge in [-0.1, -0.05) is 23.7 Å². The van der Waals surface area contributed by atoms with Crippen molar-refractivity contribution < 1.29 is 9.21 Å². The maximum atomic E-state index is 11.8. The minimum absolute atomic E-state index is 0.0231. The smallest absolute Gasteiger partial charge is 0.230 e. The second kappa shape index (κ2) is 7.41. The lowest BCUT2D eigenvalue weighted by Crippen LogP contribution is -2.41. The molecule has 0 fully saturated rings. The summed E-state index contributed by atoms with van der Waals surface area (Å²) < 4.78 is 5.71. The molecular weight excluding hydrogens is 332 g/mol. The first kappa shape index (κ1) is 17.9. The summed E-state index contributed by atoms with van der Waals surface area (Å²) in [6.45, 7) is 7.77. The molecule has 6 heteroatoms. The van der Waals surface area contributed by atoms with Gasteiger partial charge in [0.15, 0.2) is 0 Å². The van der Waals surface area contributed by atoms with Gasteiger partial charge in [0.05, 0.1) is 22.0 Å². The molecule has 0 saturated carbocycles. The molecule has 124 valence electrons. The second-order valence-electron chi connectivity index (χ2n) is 6.29. The number of oxazole rings is 1. The molecule has 2 rings (SSSR count). The van der Waals surface area contributed by atoms with Crippen molar-refractivity contribution in [3.05, 3.63) is 40.7 Å². The molecule has 0 unspecified atom stereocenters. The highest BCUT2D eigenvalue weighted by Gasteiger charge is 2.16. The fourth-order valence-electron chi connectivity index (χ4n) is 2.01. The van der Waals surface area contributed by atoms with Crippen LogP contribution in [-0.4, -0.2) is 22.2 Å². The van der Waals surface area contributed by atoms with Gasteiger partial charge in [0, 0.05) is 11.3 Å². The van der Waals surface area contributed by atoms with E-state index in [4.69, 9.17) is 16.0 Å². The molecule has 1 N–H and O–H groups in total. The fraction of sp³-hybridized carbons (Fsp3) is 0.412. The summed E-state index contributed by atoms with van der Waals surface area (Å²) in [4.78, 5) is 16.3. The van der Waals surface area contributed by atoms with Crippen molar-refractivity contribution in [2.75, 3.05) is 5.75 Å². The van der Waals surface area contributed by atoms with E-state index >= 15 is 0 Å². The van der Waals surface area contributed by atoms with Gasteiger partial charge < -0.3 is 9.73 Å². The predicted molar refractivity (Wildman–Crippen MR) is 95.7 cm³/mol. The third-order valence-electron chi connectivity index (χ3n) is 2.98. The summed E-state index contributed by atoms with van der Waals surface area (Å²) >= 11 is 7.68. The van der Waals surface area contributed by atoms with Crippen LogP contribution in [-0.2, 0) is 10.5 Å². The van der Waals surface area contributed by atoms with Crippen LogP contribution in [0.25, 0.3) is 11.5 Å². The number of thioether (sulfide) groups is 1. The van der Waals surface area contributed by atoms with E-state index in [0.717, 1.165) is 17.0 Å². The van der Waals surface area contributed by atoms with Crippen LogP contribution in [0.5, 0.6) is 0 Å². The lowest BCUT2D eigenvalue weighted by Gasteiger charge is -2.20. The van der Waals surface area contributed by atoms with Gasteiger partial charge in [-0.25, -0.2) is 4.98 Å². The van der Waals surface area contributed by atoms with Gasteiger partial charge in [-0.15, -0.1) is 11.8 Å². The van der Waals surface area contributed by atoms with Gasteiger partial charge in [-0.2, -0.15) is 0 Å². The van der Waals surface area contributed by atoms with Gasteiger partial charge in [0.25, 0.3) is 0 Å². The van der Waals surface area contributed by atoms with Crippen LogP contribution < -0.4 is 5.32 Å². The molecule has 0 aliphatic carbocycles. The average molecular weight is 353 g/mol. The number of carbonyl (C=O) groups is 1. The number of halogens is 1. The largest absolute Gasteiger partial charge is 0.441 e. The van der Waals surface area contributed by atoms with E-state index in [0.29, 0.717) is 22.4 Å². The van der Waals surface area contributed by atoms with Crippen LogP contribution in [0.15, 0.2) is 28.7 Å². The van der Waals surface area contributed by atoms with E-state index in [1.165, 1.54) is 11.8 Å². The van der Waals surface area contributed by atoms with Crippen LogP contribution in [0.4, 0.5) is 0 Å². The zero-order valence-corrected chi connectivity index (χ0v) is 15.3. The first-order valence-electron chi connectivity index (χ1n) is 7.36. The Kier molecular flexibility index (Phi) is 5.76. The number of benzene rings is 1. The summed E-state index contributed by atoms with van der Waals surface area (Å²) in [6, 6.07) is 7.45. The quantitative estimate of drug-likeness (QED) is 0.863. The Balaban J connectivity index is 1.97. The SMILES string of the molecule is Cc1oc(-c2ccccc2Cl)nc1CSCC(=O)NC(C)(C)C. The van der Waals surface area contributed by atoms with E-state index in [9.17, 15) is 4.79 Å². The van der Waals surface area contributed by atoms with Crippen molar-refractivity contribution in [1.82, 2.24) is 10.3 Å². The number of hydrogen-bond acceptors (Lipinski definition) is 4. The topological polar surface area (TPSA) is 55.1 Å². The second-order valence-corrected chi connectivity index (χ2v) is 7.69. The first-order chi connectivity index (χ1) is 10.8. The van der Waals surface area contributed by atoms with Crippen molar-refractivity contribution in [2.24, 2.45) is 0 Å². The molecule has 1 aromatic heterocycles. The van der Waals surface area contributed by atoms with Crippen molar-refractivity contribution in [2.45, 2.75) is 39.0 Å².